The number of hydrogen-bond acceptors (Lipinski definition) is 8. The number of primary amides is 1. The van der Waals surface area contributed by atoms with Gasteiger partial charge in [0, 0.05) is 58.6 Å². The van der Waals surface area contributed by atoms with E-state index in [0.29, 0.717) is 40.4 Å². The number of halogens is 2. The van der Waals surface area contributed by atoms with Crippen LogP contribution in [0.4, 0.5) is 4.53 Å². The maximum Gasteiger partial charge on any atom is 0.395 e. The summed E-state index contributed by atoms with van der Waals surface area (Å²) in [5.74, 6) is -0.690. The van der Waals surface area contributed by atoms with Crippen molar-refractivity contribution >= 4 is 52.5 Å². The highest BCUT2D eigenvalue weighted by molar-refractivity contribution is 6.31. The van der Waals surface area contributed by atoms with E-state index in [-0.39, 0.29) is 17.9 Å². The summed E-state index contributed by atoms with van der Waals surface area (Å²) in [6.45, 7) is 2.17. The second-order valence-electron chi connectivity index (χ2n) is 8.17. The number of aromatic amines is 1. The number of rotatable bonds is 11. The molecule has 4 N–H and O–H groups in total. The Labute approximate surface area is 242 Å². The topological polar surface area (TPSA) is 150 Å². The molecule has 0 saturated heterocycles. The van der Waals surface area contributed by atoms with Crippen LogP contribution in [0.3, 0.4) is 0 Å². The van der Waals surface area contributed by atoms with Crippen LogP contribution >= 0.6 is 11.6 Å². The quantitative estimate of drug-likeness (QED) is 0.0726. The Kier molecular flexibility index (Phi) is 15.8. The van der Waals surface area contributed by atoms with Crippen molar-refractivity contribution in [2.24, 2.45) is 5.73 Å². The standard InChI is InChI=1S/C15H16ClNO3.C13H14FNO3.CH3NO/c1-10(19)12-5-4-11(16)8-14(12)13(6-7-18)15(20-3)9-17-2;1-17-6-2-3-9-4-5-11-10(7-9)8-12(15-11)13(16)18-14;2-1-3/h4-9,17H,1-3H3;4-5,7-8,15H,2-3,6H2,1H3;1H,(H2,2,3)/b13-6-,15-9+;;. The van der Waals surface area contributed by atoms with Crippen molar-refractivity contribution in [2.75, 3.05) is 27.9 Å². The van der Waals surface area contributed by atoms with E-state index in [1.165, 1.54) is 20.1 Å². The molecule has 1 heterocycles. The first kappa shape index (κ1) is 34.5. The number of Topliss-reactive ketones (excluding diaryl/α,β-unsaturated/α-hetero) is 1. The Bertz CT molecular complexity index is 1390. The highest BCUT2D eigenvalue weighted by atomic mass is 35.5. The zero-order valence-corrected chi connectivity index (χ0v) is 23.9. The van der Waals surface area contributed by atoms with Crippen molar-refractivity contribution in [2.45, 2.75) is 19.8 Å². The number of aryl methyl sites for hydroxylation is 1. The monoisotopic (exact) mass is 589 g/mol. The van der Waals surface area contributed by atoms with Gasteiger partial charge in [-0.15, -0.1) is 0 Å². The number of carbonyl (C=O) groups excluding carboxylic acids is 4. The fourth-order valence-corrected chi connectivity index (χ4v) is 3.88. The molecule has 0 radical (unpaired) electrons. The molecule has 3 aromatic rings. The normalized spacial score (nSPS) is 10.9. The smallest absolute Gasteiger partial charge is 0.395 e. The largest absolute Gasteiger partial charge is 0.495 e. The highest BCUT2D eigenvalue weighted by Crippen LogP contribution is 2.29. The molecule has 0 aliphatic carbocycles. The van der Waals surface area contributed by atoms with Crippen molar-refractivity contribution in [3.05, 3.63) is 87.9 Å². The van der Waals surface area contributed by atoms with Crippen LogP contribution in [0.1, 0.15) is 45.3 Å². The van der Waals surface area contributed by atoms with E-state index >= 15 is 0 Å². The Hall–Kier alpha value is -4.48. The molecule has 0 spiro atoms. The van der Waals surface area contributed by atoms with Crippen LogP contribution in [0, 0.1) is 0 Å². The van der Waals surface area contributed by atoms with E-state index in [1.807, 2.05) is 18.2 Å². The minimum atomic E-state index is -1.01. The third-order valence-electron chi connectivity index (χ3n) is 5.44. The van der Waals surface area contributed by atoms with Crippen molar-refractivity contribution in [3.63, 3.8) is 0 Å². The molecule has 10 nitrogen and oxygen atoms in total. The predicted octanol–water partition coefficient (Wildman–Crippen LogP) is 4.72. The Balaban J connectivity index is 0.000000375. The maximum atomic E-state index is 11.8. The number of benzene rings is 2. The van der Waals surface area contributed by atoms with Gasteiger partial charge in [-0.25, -0.2) is 9.74 Å². The summed E-state index contributed by atoms with van der Waals surface area (Å²) >= 11 is 5.99. The average Bonchev–Trinajstić information content (AvgIpc) is 3.39. The van der Waals surface area contributed by atoms with Gasteiger partial charge in [-0.2, -0.15) is 0 Å². The second-order valence-corrected chi connectivity index (χ2v) is 8.60. The predicted molar refractivity (Wildman–Crippen MR) is 155 cm³/mol. The molecule has 0 unspecified atom stereocenters. The first-order chi connectivity index (χ1) is 19.7. The fourth-order valence-electron chi connectivity index (χ4n) is 3.71. The molecule has 0 bridgehead atoms. The first-order valence-electron chi connectivity index (χ1n) is 12.2. The molecule has 0 atom stereocenters. The molecule has 1 aromatic heterocycles. The zero-order valence-electron chi connectivity index (χ0n) is 23.2. The summed E-state index contributed by atoms with van der Waals surface area (Å²) in [6.07, 6.45) is 5.66. The number of ketones is 1. The lowest BCUT2D eigenvalue weighted by atomic mass is 9.96. The molecule has 3 rings (SSSR count). The fraction of sp³-hybridized carbons (Fsp3) is 0.241. The van der Waals surface area contributed by atoms with E-state index in [4.69, 9.17) is 25.9 Å². The summed E-state index contributed by atoms with van der Waals surface area (Å²) in [7, 11) is 4.87. The molecule has 12 heteroatoms. The number of methoxy groups -OCH3 is 2. The summed E-state index contributed by atoms with van der Waals surface area (Å²) in [5, 5.41) is 4.17. The average molecular weight is 590 g/mol. The van der Waals surface area contributed by atoms with E-state index < -0.39 is 5.97 Å². The minimum Gasteiger partial charge on any atom is -0.495 e. The number of nitrogens with one attached hydrogen (secondary N) is 2. The van der Waals surface area contributed by atoms with Gasteiger partial charge in [-0.05, 0) is 73.4 Å². The number of allylic oxidation sites excluding steroid dienone is 2. The van der Waals surface area contributed by atoms with Gasteiger partial charge in [0.2, 0.25) is 6.41 Å². The van der Waals surface area contributed by atoms with Crippen LogP contribution in [-0.4, -0.2) is 57.3 Å². The van der Waals surface area contributed by atoms with Gasteiger partial charge in [0.1, 0.15) is 17.7 Å². The number of H-pyrrole nitrogens is 1. The van der Waals surface area contributed by atoms with Gasteiger partial charge in [0.25, 0.3) is 0 Å². The van der Waals surface area contributed by atoms with Crippen LogP contribution in [-0.2, 0) is 30.4 Å². The lowest BCUT2D eigenvalue weighted by molar-refractivity contribution is -0.107. The van der Waals surface area contributed by atoms with Crippen LogP contribution in [0.15, 0.2) is 60.5 Å². The zero-order chi connectivity index (χ0) is 30.8. The maximum absolute atomic E-state index is 11.8. The molecule has 0 fully saturated rings. The molecule has 220 valence electrons. The van der Waals surface area contributed by atoms with Gasteiger partial charge < -0.3 is 25.5 Å². The van der Waals surface area contributed by atoms with Crippen molar-refractivity contribution in [3.8, 4) is 0 Å². The number of fused-ring (bicyclic) bond motifs is 1. The van der Waals surface area contributed by atoms with Crippen LogP contribution in [0.25, 0.3) is 16.5 Å². The molecule has 0 aliphatic heterocycles. The Morgan fingerprint density at radius 2 is 1.80 bits per heavy atom. The lowest BCUT2D eigenvalue weighted by Crippen LogP contribution is -2.05. The highest BCUT2D eigenvalue weighted by Gasteiger charge is 2.16. The van der Waals surface area contributed by atoms with E-state index in [0.717, 1.165) is 29.3 Å². The molecule has 0 aliphatic rings. The lowest BCUT2D eigenvalue weighted by Gasteiger charge is -2.14. The van der Waals surface area contributed by atoms with Gasteiger partial charge in [-0.1, -0.05) is 17.7 Å². The van der Waals surface area contributed by atoms with E-state index in [1.54, 1.807) is 44.6 Å². The number of hydrogen-bond donors (Lipinski definition) is 3. The Morgan fingerprint density at radius 1 is 1.10 bits per heavy atom. The van der Waals surface area contributed by atoms with Gasteiger partial charge in [0.15, 0.2) is 5.78 Å². The van der Waals surface area contributed by atoms with Gasteiger partial charge >= 0.3 is 5.97 Å². The summed E-state index contributed by atoms with van der Waals surface area (Å²) in [4.78, 5) is 48.2. The van der Waals surface area contributed by atoms with Crippen molar-refractivity contribution < 1.29 is 38.1 Å². The number of carbonyl (C=O) groups is 4. The summed E-state index contributed by atoms with van der Waals surface area (Å²) in [5.41, 5.74) is 7.73. The first-order valence-corrected chi connectivity index (χ1v) is 12.6. The third-order valence-corrected chi connectivity index (χ3v) is 5.67. The van der Waals surface area contributed by atoms with Crippen molar-refractivity contribution in [1.29, 1.82) is 0 Å². The molecule has 2 aromatic carbocycles. The number of ether oxygens (including phenoxy) is 2. The summed E-state index contributed by atoms with van der Waals surface area (Å²) < 4.78 is 22.0. The van der Waals surface area contributed by atoms with Crippen LogP contribution in [0.2, 0.25) is 5.02 Å². The Morgan fingerprint density at radius 3 is 2.37 bits per heavy atom. The van der Waals surface area contributed by atoms with Gasteiger partial charge in [-0.3, -0.25) is 14.4 Å². The van der Waals surface area contributed by atoms with Gasteiger partial charge in [0.05, 0.1) is 7.11 Å². The second kappa shape index (κ2) is 18.7. The summed E-state index contributed by atoms with van der Waals surface area (Å²) in [6, 6.07) is 12.3. The number of aldehydes is 1. The molecule has 41 heavy (non-hydrogen) atoms. The molecular formula is C29H33ClFN3O7. The third kappa shape index (κ3) is 10.9. The molecule has 0 saturated carbocycles. The van der Waals surface area contributed by atoms with E-state index in [9.17, 15) is 18.9 Å². The van der Waals surface area contributed by atoms with Crippen LogP contribution < -0.4 is 11.1 Å². The SMILES string of the molecule is CN/C=C(OC)\C(=C/C=O)c1cc(Cl)ccc1C(C)=O.COCCCc1ccc2[nH]c(C(=O)OF)cc2c1.NC=O. The molecule has 1 amide bonds. The van der Waals surface area contributed by atoms with Crippen LogP contribution in [0.5, 0.6) is 0 Å². The molecular weight excluding hydrogens is 557 g/mol. The number of nitrogens with two attached hydrogens (primary N) is 1. The minimum absolute atomic E-state index is 0.113. The number of aromatic nitrogens is 1. The number of amides is 1. The van der Waals surface area contributed by atoms with Crippen molar-refractivity contribution in [1.82, 2.24) is 10.3 Å². The van der Waals surface area contributed by atoms with E-state index in [2.05, 4.69) is 21.0 Å².